The highest BCUT2D eigenvalue weighted by Gasteiger charge is 2.17. The van der Waals surface area contributed by atoms with Gasteiger partial charge in [0.05, 0.1) is 6.54 Å². The van der Waals surface area contributed by atoms with Crippen LogP contribution >= 0.6 is 0 Å². The van der Waals surface area contributed by atoms with Crippen LogP contribution in [0.2, 0.25) is 0 Å². The Labute approximate surface area is 144 Å². The van der Waals surface area contributed by atoms with Crippen LogP contribution < -0.4 is 5.32 Å². The van der Waals surface area contributed by atoms with Gasteiger partial charge in [-0.15, -0.1) is 0 Å². The van der Waals surface area contributed by atoms with Crippen molar-refractivity contribution in [2.24, 2.45) is 0 Å². The first-order chi connectivity index (χ1) is 11.2. The predicted octanol–water partition coefficient (Wildman–Crippen LogP) is 3.27. The Bertz CT molecular complexity index is 290. The first kappa shape index (κ1) is 20.4. The van der Waals surface area contributed by atoms with Crippen LogP contribution in [0.1, 0.15) is 71.1 Å². The molecule has 4 heteroatoms. The number of carbonyl (C=O) groups excluding carboxylic acids is 1. The van der Waals surface area contributed by atoms with E-state index in [1.54, 1.807) is 0 Å². The number of carbonyl (C=O) groups is 1. The van der Waals surface area contributed by atoms with Crippen molar-refractivity contribution >= 4 is 5.91 Å². The van der Waals surface area contributed by atoms with E-state index < -0.39 is 0 Å². The fourth-order valence-electron chi connectivity index (χ4n) is 3.19. The number of nitrogens with zero attached hydrogens (tertiary/aromatic N) is 2. The Hall–Kier alpha value is -0.610. The molecule has 0 radical (unpaired) electrons. The number of rotatable bonds is 13. The van der Waals surface area contributed by atoms with Crippen LogP contribution in [0.3, 0.4) is 0 Å². The molecule has 1 aliphatic heterocycles. The summed E-state index contributed by atoms with van der Waals surface area (Å²) in [4.78, 5) is 16.3. The summed E-state index contributed by atoms with van der Waals surface area (Å²) in [5.74, 6) is 0.293. The summed E-state index contributed by atoms with van der Waals surface area (Å²) >= 11 is 0. The van der Waals surface area contributed by atoms with Gasteiger partial charge in [-0.05, 0) is 20.0 Å². The Morgan fingerprint density at radius 1 is 0.913 bits per heavy atom. The van der Waals surface area contributed by atoms with Gasteiger partial charge in [0.2, 0.25) is 5.91 Å². The quantitative estimate of drug-likeness (QED) is 0.528. The van der Waals surface area contributed by atoms with Crippen LogP contribution in [0.5, 0.6) is 0 Å². The molecule has 1 amide bonds. The van der Waals surface area contributed by atoms with Crippen molar-refractivity contribution in [3.8, 4) is 0 Å². The molecule has 1 heterocycles. The Balaban J connectivity index is 1.89. The first-order valence-electron chi connectivity index (χ1n) is 9.91. The van der Waals surface area contributed by atoms with Gasteiger partial charge in [0.15, 0.2) is 0 Å². The molecule has 4 nitrogen and oxygen atoms in total. The highest BCUT2D eigenvalue weighted by molar-refractivity contribution is 5.78. The van der Waals surface area contributed by atoms with E-state index in [0.29, 0.717) is 12.5 Å². The molecule has 1 N–H and O–H groups in total. The minimum Gasteiger partial charge on any atom is -0.339 e. The van der Waals surface area contributed by atoms with E-state index in [1.165, 1.54) is 64.2 Å². The second-order valence-corrected chi connectivity index (χ2v) is 7.05. The van der Waals surface area contributed by atoms with Gasteiger partial charge in [0.25, 0.3) is 0 Å². The molecule has 23 heavy (non-hydrogen) atoms. The molecule has 0 spiro atoms. The molecule has 1 rings (SSSR count). The van der Waals surface area contributed by atoms with E-state index in [1.807, 2.05) is 4.90 Å². The van der Waals surface area contributed by atoms with Crippen LogP contribution in [0, 0.1) is 0 Å². The lowest BCUT2D eigenvalue weighted by atomic mass is 10.1. The van der Waals surface area contributed by atoms with Gasteiger partial charge in [-0.25, -0.2) is 0 Å². The number of likely N-dealkylation sites (N-methyl/N-ethyl adjacent to an activating group) is 1. The summed E-state index contributed by atoms with van der Waals surface area (Å²) in [5.41, 5.74) is 0. The molecule has 136 valence electrons. The molecule has 0 bridgehead atoms. The van der Waals surface area contributed by atoms with Gasteiger partial charge < -0.3 is 10.2 Å². The maximum absolute atomic E-state index is 12.1. The highest BCUT2D eigenvalue weighted by Crippen LogP contribution is 2.10. The molecule has 0 aliphatic carbocycles. The van der Waals surface area contributed by atoms with Crippen LogP contribution in [0.4, 0.5) is 0 Å². The van der Waals surface area contributed by atoms with Gasteiger partial charge in [-0.1, -0.05) is 64.7 Å². The summed E-state index contributed by atoms with van der Waals surface area (Å²) in [6, 6.07) is 0. The zero-order valence-electron chi connectivity index (χ0n) is 15.6. The molecular formula is C19H39N3O. The third-order valence-electron chi connectivity index (χ3n) is 4.77. The van der Waals surface area contributed by atoms with E-state index in [9.17, 15) is 4.79 Å². The van der Waals surface area contributed by atoms with Crippen molar-refractivity contribution in [1.82, 2.24) is 15.1 Å². The molecule has 0 unspecified atom stereocenters. The Morgan fingerprint density at radius 3 is 2.00 bits per heavy atom. The molecule has 1 saturated heterocycles. The average Bonchev–Trinajstić information content (AvgIpc) is 2.57. The third-order valence-corrected chi connectivity index (χ3v) is 4.77. The lowest BCUT2D eigenvalue weighted by Gasteiger charge is -2.29. The molecule has 1 aliphatic rings. The minimum atomic E-state index is 0.293. The van der Waals surface area contributed by atoms with Crippen molar-refractivity contribution in [3.05, 3.63) is 0 Å². The monoisotopic (exact) mass is 325 g/mol. The number of hydrogen-bond donors (Lipinski definition) is 1. The Morgan fingerprint density at radius 2 is 1.43 bits per heavy atom. The van der Waals surface area contributed by atoms with E-state index in [-0.39, 0.29) is 0 Å². The topological polar surface area (TPSA) is 35.6 Å². The van der Waals surface area contributed by atoms with Crippen molar-refractivity contribution < 1.29 is 4.79 Å². The summed E-state index contributed by atoms with van der Waals surface area (Å²) in [7, 11) is 2.08. The van der Waals surface area contributed by atoms with Crippen LogP contribution in [-0.2, 0) is 4.79 Å². The number of hydrogen-bond acceptors (Lipinski definition) is 3. The normalized spacial score (nSPS) is 15.3. The van der Waals surface area contributed by atoms with Crippen molar-refractivity contribution in [2.45, 2.75) is 71.1 Å². The number of unbranched alkanes of at least 4 members (excludes halogenated alkanes) is 9. The van der Waals surface area contributed by atoms with Crippen LogP contribution in [0.25, 0.3) is 0 Å². The molecule has 0 aromatic carbocycles. The summed E-state index contributed by atoms with van der Waals surface area (Å²) in [5, 5.41) is 3.29. The van der Waals surface area contributed by atoms with Crippen molar-refractivity contribution in [1.29, 1.82) is 0 Å². The van der Waals surface area contributed by atoms with E-state index >= 15 is 0 Å². The zero-order valence-corrected chi connectivity index (χ0v) is 15.6. The lowest BCUT2D eigenvalue weighted by Crippen LogP contribution is -2.49. The van der Waals surface area contributed by atoms with E-state index in [4.69, 9.17) is 0 Å². The highest BCUT2D eigenvalue weighted by atomic mass is 16.2. The molecule has 0 aromatic rings. The molecule has 0 aromatic heterocycles. The first-order valence-corrected chi connectivity index (χ1v) is 9.91. The van der Waals surface area contributed by atoms with Gasteiger partial charge in [-0.2, -0.15) is 0 Å². The lowest BCUT2D eigenvalue weighted by molar-refractivity contribution is -0.132. The fourth-order valence-corrected chi connectivity index (χ4v) is 3.19. The van der Waals surface area contributed by atoms with E-state index in [2.05, 4.69) is 24.2 Å². The zero-order chi connectivity index (χ0) is 16.8. The van der Waals surface area contributed by atoms with Crippen molar-refractivity contribution in [3.63, 3.8) is 0 Å². The minimum absolute atomic E-state index is 0.293. The van der Waals surface area contributed by atoms with Crippen LogP contribution in [0.15, 0.2) is 0 Å². The molecule has 1 fully saturated rings. The third kappa shape index (κ3) is 10.7. The molecule has 0 saturated carbocycles. The number of piperazine rings is 1. The largest absolute Gasteiger partial charge is 0.339 e. The van der Waals surface area contributed by atoms with Gasteiger partial charge in [0.1, 0.15) is 0 Å². The maximum atomic E-state index is 12.1. The molecule has 0 atom stereocenters. The SMILES string of the molecule is CCCCCCCCCCCCN(C)CC(=O)N1CCNCC1. The summed E-state index contributed by atoms with van der Waals surface area (Å²) in [6.07, 6.45) is 13.7. The summed E-state index contributed by atoms with van der Waals surface area (Å²) < 4.78 is 0. The standard InChI is InChI=1S/C19H39N3O/c1-3-4-5-6-7-8-9-10-11-12-15-21(2)18-19(23)22-16-13-20-14-17-22/h20H,3-18H2,1-2H3. The van der Waals surface area contributed by atoms with E-state index in [0.717, 1.165) is 32.7 Å². The van der Waals surface area contributed by atoms with Gasteiger partial charge in [0, 0.05) is 26.2 Å². The molecular weight excluding hydrogens is 286 g/mol. The fraction of sp³-hybridized carbons (Fsp3) is 0.947. The summed E-state index contributed by atoms with van der Waals surface area (Å²) in [6.45, 7) is 7.51. The maximum Gasteiger partial charge on any atom is 0.236 e. The van der Waals surface area contributed by atoms with Gasteiger partial charge >= 0.3 is 0 Å². The second-order valence-electron chi connectivity index (χ2n) is 7.05. The number of amides is 1. The average molecular weight is 326 g/mol. The van der Waals surface area contributed by atoms with Gasteiger partial charge in [-0.3, -0.25) is 9.69 Å². The smallest absolute Gasteiger partial charge is 0.236 e. The van der Waals surface area contributed by atoms with Crippen LogP contribution in [-0.4, -0.2) is 62.0 Å². The second kappa shape index (κ2) is 13.8. The van der Waals surface area contributed by atoms with Crippen molar-refractivity contribution in [2.75, 3.05) is 46.3 Å². The number of nitrogens with one attached hydrogen (secondary N) is 1. The predicted molar refractivity (Wildman–Crippen MR) is 98.8 cm³/mol. The Kier molecular flexibility index (Phi) is 12.3.